The van der Waals surface area contributed by atoms with Crippen LogP contribution in [-0.2, 0) is 21.4 Å². The normalized spacial score (nSPS) is 11.4. The average Bonchev–Trinajstić information content (AvgIpc) is 2.67. The van der Waals surface area contributed by atoms with Gasteiger partial charge in [0.15, 0.2) is 6.61 Å². The van der Waals surface area contributed by atoms with Crippen LogP contribution < -0.4 is 10.1 Å². The van der Waals surface area contributed by atoms with Crippen LogP contribution in [0.2, 0.25) is 0 Å². The maximum Gasteiger partial charge on any atom is 0.258 e. The van der Waals surface area contributed by atoms with Crippen LogP contribution in [0.25, 0.3) is 0 Å². The van der Waals surface area contributed by atoms with Crippen molar-refractivity contribution in [3.63, 3.8) is 0 Å². The molecule has 0 unspecified atom stereocenters. The summed E-state index contributed by atoms with van der Waals surface area (Å²) in [5.74, 6) is -0.310. The third-order valence-electron chi connectivity index (χ3n) is 3.94. The van der Waals surface area contributed by atoms with Crippen LogP contribution >= 0.6 is 0 Å². The number of hydrogen-bond donors (Lipinski definition) is 1. The van der Waals surface area contributed by atoms with Crippen molar-refractivity contribution in [3.8, 4) is 5.75 Å². The van der Waals surface area contributed by atoms with Gasteiger partial charge in [-0.25, -0.2) is 12.8 Å². The van der Waals surface area contributed by atoms with Crippen LogP contribution in [0.5, 0.6) is 5.75 Å². The molecule has 0 bridgehead atoms. The number of halogens is 1. The van der Waals surface area contributed by atoms with Gasteiger partial charge in [0.2, 0.25) is 10.0 Å². The van der Waals surface area contributed by atoms with Crippen LogP contribution in [0.4, 0.5) is 4.39 Å². The number of carbonyl (C=O) groups excluding carboxylic acids is 1. The van der Waals surface area contributed by atoms with Crippen LogP contribution in [0, 0.1) is 5.82 Å². The van der Waals surface area contributed by atoms with Crippen LogP contribution in [0.1, 0.15) is 19.4 Å². The number of benzene rings is 2. The Balaban J connectivity index is 1.87. The summed E-state index contributed by atoms with van der Waals surface area (Å²) in [6.07, 6.45) is 0. The highest BCUT2D eigenvalue weighted by atomic mass is 32.2. The van der Waals surface area contributed by atoms with Gasteiger partial charge in [-0.1, -0.05) is 26.0 Å². The summed E-state index contributed by atoms with van der Waals surface area (Å²) in [6, 6.07) is 11.8. The Bertz CT molecular complexity index is 848. The summed E-state index contributed by atoms with van der Waals surface area (Å²) in [4.78, 5) is 12.1. The molecule has 6 nitrogen and oxygen atoms in total. The molecule has 0 fully saturated rings. The van der Waals surface area contributed by atoms with Gasteiger partial charge in [0.05, 0.1) is 4.90 Å². The smallest absolute Gasteiger partial charge is 0.258 e. The van der Waals surface area contributed by atoms with Gasteiger partial charge < -0.3 is 10.1 Å². The highest BCUT2D eigenvalue weighted by Gasteiger charge is 2.21. The first-order valence-electron chi connectivity index (χ1n) is 8.61. The van der Waals surface area contributed by atoms with Gasteiger partial charge >= 0.3 is 0 Å². The van der Waals surface area contributed by atoms with Gasteiger partial charge in [-0.05, 0) is 42.0 Å². The maximum atomic E-state index is 12.8. The molecule has 0 aliphatic carbocycles. The zero-order chi connectivity index (χ0) is 19.9. The molecule has 0 aromatic heterocycles. The summed E-state index contributed by atoms with van der Waals surface area (Å²) in [5.41, 5.74) is 0.767. The molecule has 2 rings (SSSR count). The molecule has 1 amide bonds. The lowest BCUT2D eigenvalue weighted by Crippen LogP contribution is -2.30. The number of rotatable bonds is 9. The molecule has 0 aliphatic rings. The Kier molecular flexibility index (Phi) is 7.32. The zero-order valence-corrected chi connectivity index (χ0v) is 16.1. The van der Waals surface area contributed by atoms with Gasteiger partial charge in [0.25, 0.3) is 5.91 Å². The van der Waals surface area contributed by atoms with Crippen molar-refractivity contribution in [3.05, 3.63) is 59.9 Å². The number of nitrogens with one attached hydrogen (secondary N) is 1. The third-order valence-corrected chi connectivity index (χ3v) is 6.00. The second kappa shape index (κ2) is 9.48. The lowest BCUT2D eigenvalue weighted by atomic mass is 10.2. The lowest BCUT2D eigenvalue weighted by molar-refractivity contribution is -0.123. The molecule has 2 aromatic rings. The van der Waals surface area contributed by atoms with E-state index in [1.165, 1.54) is 40.7 Å². The maximum absolute atomic E-state index is 12.8. The highest BCUT2D eigenvalue weighted by molar-refractivity contribution is 7.89. The van der Waals surface area contributed by atoms with Crippen LogP contribution in [0.15, 0.2) is 53.4 Å². The fraction of sp³-hybridized carbons (Fsp3) is 0.316. The lowest BCUT2D eigenvalue weighted by Gasteiger charge is -2.18. The molecular formula is C19H23FN2O4S. The number of sulfonamides is 1. The molecule has 0 saturated heterocycles. The summed E-state index contributed by atoms with van der Waals surface area (Å²) in [7, 11) is -3.49. The molecular weight excluding hydrogens is 371 g/mol. The molecule has 0 saturated carbocycles. The Morgan fingerprint density at radius 1 is 1.04 bits per heavy atom. The van der Waals surface area contributed by atoms with Crippen LogP contribution in [0.3, 0.4) is 0 Å². The predicted molar refractivity (Wildman–Crippen MR) is 100 cm³/mol. The van der Waals surface area contributed by atoms with Gasteiger partial charge in [0.1, 0.15) is 11.6 Å². The van der Waals surface area contributed by atoms with Crippen molar-refractivity contribution >= 4 is 15.9 Å². The minimum atomic E-state index is -3.49. The number of nitrogens with zero attached hydrogens (tertiary/aromatic N) is 1. The van der Waals surface area contributed by atoms with E-state index < -0.39 is 10.0 Å². The van der Waals surface area contributed by atoms with E-state index in [9.17, 15) is 17.6 Å². The molecule has 1 N–H and O–H groups in total. The largest absolute Gasteiger partial charge is 0.484 e. The van der Waals surface area contributed by atoms with Gasteiger partial charge in [-0.15, -0.1) is 0 Å². The number of hydrogen-bond acceptors (Lipinski definition) is 4. The highest BCUT2D eigenvalue weighted by Crippen LogP contribution is 2.16. The summed E-state index contributed by atoms with van der Waals surface area (Å²) in [5, 5.41) is 2.69. The Morgan fingerprint density at radius 3 is 2.19 bits per heavy atom. The first kappa shape index (κ1) is 20.9. The van der Waals surface area contributed by atoms with E-state index >= 15 is 0 Å². The van der Waals surface area contributed by atoms with E-state index in [1.54, 1.807) is 26.0 Å². The van der Waals surface area contributed by atoms with E-state index in [4.69, 9.17) is 4.74 Å². The minimum Gasteiger partial charge on any atom is -0.484 e. The quantitative estimate of drug-likeness (QED) is 0.709. The Morgan fingerprint density at radius 2 is 1.63 bits per heavy atom. The van der Waals surface area contributed by atoms with E-state index in [1.807, 2.05) is 0 Å². The van der Waals surface area contributed by atoms with Crippen molar-refractivity contribution in [1.29, 1.82) is 0 Å². The van der Waals surface area contributed by atoms with Crippen LogP contribution in [-0.4, -0.2) is 38.3 Å². The fourth-order valence-corrected chi connectivity index (χ4v) is 3.88. The molecule has 146 valence electrons. The molecule has 27 heavy (non-hydrogen) atoms. The number of carbonyl (C=O) groups is 1. The first-order chi connectivity index (χ1) is 12.9. The average molecular weight is 394 g/mol. The second-order valence-electron chi connectivity index (χ2n) is 5.75. The van der Waals surface area contributed by atoms with Gasteiger partial charge in [-0.2, -0.15) is 4.31 Å². The minimum absolute atomic E-state index is 0.194. The van der Waals surface area contributed by atoms with Gasteiger partial charge in [-0.3, -0.25) is 4.79 Å². The van der Waals surface area contributed by atoms with Gasteiger partial charge in [0, 0.05) is 19.6 Å². The Hall–Kier alpha value is -2.45. The van der Waals surface area contributed by atoms with Crippen molar-refractivity contribution in [2.45, 2.75) is 25.3 Å². The van der Waals surface area contributed by atoms with E-state index in [0.717, 1.165) is 5.56 Å². The standard InChI is InChI=1S/C19H23FN2O4S/c1-3-22(4-2)27(24,25)18-11-5-15(6-12-18)13-21-19(23)14-26-17-9-7-16(20)8-10-17/h5-12H,3-4,13-14H2,1-2H3,(H,21,23). The fourth-order valence-electron chi connectivity index (χ4n) is 2.42. The van der Waals surface area contributed by atoms with Crippen molar-refractivity contribution in [2.75, 3.05) is 19.7 Å². The molecule has 0 spiro atoms. The van der Waals surface area contributed by atoms with E-state index in [0.29, 0.717) is 18.8 Å². The first-order valence-corrected chi connectivity index (χ1v) is 10.0. The molecule has 0 aliphatic heterocycles. The number of ether oxygens (including phenoxy) is 1. The second-order valence-corrected chi connectivity index (χ2v) is 7.69. The topological polar surface area (TPSA) is 75.7 Å². The van der Waals surface area contributed by atoms with E-state index in [-0.39, 0.29) is 29.8 Å². The SMILES string of the molecule is CCN(CC)S(=O)(=O)c1ccc(CNC(=O)COc2ccc(F)cc2)cc1. The molecule has 0 atom stereocenters. The third kappa shape index (κ3) is 5.77. The monoisotopic (exact) mass is 394 g/mol. The van der Waals surface area contributed by atoms with Crippen molar-refractivity contribution < 1.29 is 22.3 Å². The zero-order valence-electron chi connectivity index (χ0n) is 15.3. The molecule has 8 heteroatoms. The molecule has 2 aromatic carbocycles. The van der Waals surface area contributed by atoms with Crippen molar-refractivity contribution in [1.82, 2.24) is 9.62 Å². The van der Waals surface area contributed by atoms with Crippen molar-refractivity contribution in [2.24, 2.45) is 0 Å². The van der Waals surface area contributed by atoms with E-state index in [2.05, 4.69) is 5.32 Å². The number of amides is 1. The summed E-state index contributed by atoms with van der Waals surface area (Å²) < 4.78 is 44.3. The molecule has 0 heterocycles. The predicted octanol–water partition coefficient (Wildman–Crippen LogP) is 2.55. The summed E-state index contributed by atoms with van der Waals surface area (Å²) in [6.45, 7) is 4.45. The Labute approximate surface area is 159 Å². The molecule has 0 radical (unpaired) electrons. The summed E-state index contributed by atoms with van der Waals surface area (Å²) >= 11 is 0.